The van der Waals surface area contributed by atoms with Crippen molar-refractivity contribution in [2.24, 2.45) is 0 Å². The van der Waals surface area contributed by atoms with E-state index in [1.807, 2.05) is 0 Å². The van der Waals surface area contributed by atoms with Gasteiger partial charge in [-0.05, 0) is 18.6 Å². The fourth-order valence-corrected chi connectivity index (χ4v) is 1.80. The van der Waals surface area contributed by atoms with Crippen LogP contribution in [0.3, 0.4) is 0 Å². The Morgan fingerprint density at radius 2 is 1.75 bits per heavy atom. The van der Waals surface area contributed by atoms with E-state index in [0.717, 1.165) is 12.0 Å². The van der Waals surface area contributed by atoms with Crippen molar-refractivity contribution in [1.82, 2.24) is 0 Å². The third-order valence-electron chi connectivity index (χ3n) is 2.58. The molecular formula is C12H16ClFO2. The minimum atomic E-state index is -0.831. The van der Waals surface area contributed by atoms with E-state index in [1.165, 1.54) is 12.1 Å². The molecule has 0 aromatic heterocycles. The lowest BCUT2D eigenvalue weighted by atomic mass is 10.0. The summed E-state index contributed by atoms with van der Waals surface area (Å²) in [4.78, 5) is 0. The van der Waals surface area contributed by atoms with Gasteiger partial charge in [-0.25, -0.2) is 4.39 Å². The number of rotatable bonds is 6. The molecule has 0 spiro atoms. The normalized spacial score (nSPS) is 11.8. The van der Waals surface area contributed by atoms with Crippen LogP contribution in [0.25, 0.3) is 0 Å². The van der Waals surface area contributed by atoms with Gasteiger partial charge in [0.2, 0.25) is 0 Å². The lowest BCUT2D eigenvalue weighted by Gasteiger charge is -2.31. The van der Waals surface area contributed by atoms with E-state index in [9.17, 15) is 4.39 Å². The van der Waals surface area contributed by atoms with Crippen molar-refractivity contribution in [3.05, 3.63) is 35.6 Å². The predicted octanol–water partition coefficient (Wildman–Crippen LogP) is 3.29. The number of benzene rings is 1. The third-order valence-corrected chi connectivity index (χ3v) is 2.85. The molecule has 1 aromatic rings. The summed E-state index contributed by atoms with van der Waals surface area (Å²) in [6, 6.07) is 6.11. The Morgan fingerprint density at radius 3 is 2.19 bits per heavy atom. The first-order chi connectivity index (χ1) is 7.68. The SMILES string of the molecule is COC(CCCCl)(OC)c1ccc(F)cc1. The van der Waals surface area contributed by atoms with Crippen molar-refractivity contribution in [1.29, 1.82) is 0 Å². The Hall–Kier alpha value is -0.640. The van der Waals surface area contributed by atoms with Crippen LogP contribution in [-0.2, 0) is 15.3 Å². The Morgan fingerprint density at radius 1 is 1.19 bits per heavy atom. The van der Waals surface area contributed by atoms with Crippen LogP contribution in [0, 0.1) is 5.82 Å². The van der Waals surface area contributed by atoms with Gasteiger partial charge in [0.25, 0.3) is 0 Å². The molecule has 16 heavy (non-hydrogen) atoms. The molecule has 0 saturated heterocycles. The van der Waals surface area contributed by atoms with E-state index in [2.05, 4.69) is 0 Å². The maximum atomic E-state index is 12.8. The van der Waals surface area contributed by atoms with Crippen molar-refractivity contribution >= 4 is 11.6 Å². The third kappa shape index (κ3) is 2.94. The first-order valence-corrected chi connectivity index (χ1v) is 5.64. The molecule has 0 saturated carbocycles. The number of hydrogen-bond acceptors (Lipinski definition) is 2. The van der Waals surface area contributed by atoms with Crippen LogP contribution < -0.4 is 0 Å². The molecule has 0 bridgehead atoms. The fraction of sp³-hybridized carbons (Fsp3) is 0.500. The molecule has 0 unspecified atom stereocenters. The molecule has 0 aliphatic carbocycles. The summed E-state index contributed by atoms with van der Waals surface area (Å²) in [7, 11) is 3.14. The summed E-state index contributed by atoms with van der Waals surface area (Å²) in [5.41, 5.74) is 0.795. The highest BCUT2D eigenvalue weighted by molar-refractivity contribution is 6.17. The van der Waals surface area contributed by atoms with Gasteiger partial charge in [0, 0.05) is 32.1 Å². The van der Waals surface area contributed by atoms with Crippen LogP contribution in [0.15, 0.2) is 24.3 Å². The molecule has 1 aromatic carbocycles. The van der Waals surface area contributed by atoms with Crippen LogP contribution in [0.2, 0.25) is 0 Å². The molecule has 90 valence electrons. The topological polar surface area (TPSA) is 18.5 Å². The average molecular weight is 247 g/mol. The summed E-state index contributed by atoms with van der Waals surface area (Å²) in [5, 5.41) is 0. The highest BCUT2D eigenvalue weighted by Gasteiger charge is 2.31. The summed E-state index contributed by atoms with van der Waals surface area (Å²) >= 11 is 5.66. The zero-order chi connectivity index (χ0) is 12.0. The molecule has 1 rings (SSSR count). The van der Waals surface area contributed by atoms with E-state index < -0.39 is 5.79 Å². The highest BCUT2D eigenvalue weighted by atomic mass is 35.5. The largest absolute Gasteiger partial charge is 0.349 e. The summed E-state index contributed by atoms with van der Waals surface area (Å²) in [6.45, 7) is 0. The quantitative estimate of drug-likeness (QED) is 0.567. The average Bonchev–Trinajstić information content (AvgIpc) is 2.33. The van der Waals surface area contributed by atoms with Crippen molar-refractivity contribution in [3.63, 3.8) is 0 Å². The summed E-state index contributed by atoms with van der Waals surface area (Å²) in [6.07, 6.45) is 1.40. The van der Waals surface area contributed by atoms with E-state index in [0.29, 0.717) is 12.3 Å². The van der Waals surface area contributed by atoms with E-state index in [1.54, 1.807) is 26.4 Å². The monoisotopic (exact) mass is 246 g/mol. The van der Waals surface area contributed by atoms with Gasteiger partial charge in [-0.15, -0.1) is 11.6 Å². The smallest absolute Gasteiger partial charge is 0.194 e. The maximum absolute atomic E-state index is 12.8. The molecular weight excluding hydrogens is 231 g/mol. The van der Waals surface area contributed by atoms with Crippen molar-refractivity contribution in [2.75, 3.05) is 20.1 Å². The number of halogens is 2. The molecule has 0 heterocycles. The van der Waals surface area contributed by atoms with Crippen LogP contribution in [0.4, 0.5) is 4.39 Å². The van der Waals surface area contributed by atoms with Gasteiger partial charge in [-0.1, -0.05) is 12.1 Å². The van der Waals surface area contributed by atoms with Crippen LogP contribution in [-0.4, -0.2) is 20.1 Å². The van der Waals surface area contributed by atoms with Gasteiger partial charge in [0.1, 0.15) is 5.82 Å². The number of alkyl halides is 1. The van der Waals surface area contributed by atoms with Crippen LogP contribution >= 0.6 is 11.6 Å². The molecule has 4 heteroatoms. The molecule has 0 aliphatic rings. The van der Waals surface area contributed by atoms with E-state index in [-0.39, 0.29) is 5.82 Å². The van der Waals surface area contributed by atoms with Gasteiger partial charge >= 0.3 is 0 Å². The molecule has 0 N–H and O–H groups in total. The summed E-state index contributed by atoms with van der Waals surface area (Å²) in [5.74, 6) is -0.569. The van der Waals surface area contributed by atoms with Gasteiger partial charge in [-0.3, -0.25) is 0 Å². The fourth-order valence-electron chi connectivity index (χ4n) is 1.67. The second-order valence-corrected chi connectivity index (χ2v) is 3.84. The molecule has 0 radical (unpaired) electrons. The summed E-state index contributed by atoms with van der Waals surface area (Å²) < 4.78 is 23.7. The number of methoxy groups -OCH3 is 2. The lowest BCUT2D eigenvalue weighted by Crippen LogP contribution is -2.31. The van der Waals surface area contributed by atoms with Crippen molar-refractivity contribution in [2.45, 2.75) is 18.6 Å². The zero-order valence-electron chi connectivity index (χ0n) is 9.50. The first-order valence-electron chi connectivity index (χ1n) is 5.11. The zero-order valence-corrected chi connectivity index (χ0v) is 10.3. The van der Waals surface area contributed by atoms with E-state index in [4.69, 9.17) is 21.1 Å². The Bertz CT molecular complexity index is 309. The Kier molecular flexibility index (Phi) is 5.19. The first kappa shape index (κ1) is 13.4. The van der Waals surface area contributed by atoms with E-state index >= 15 is 0 Å². The standard InChI is InChI=1S/C12H16ClFO2/c1-15-12(16-2,8-3-9-13)10-4-6-11(14)7-5-10/h4-7H,3,8-9H2,1-2H3. The van der Waals surface area contributed by atoms with Crippen molar-refractivity contribution in [3.8, 4) is 0 Å². The molecule has 0 atom stereocenters. The Balaban J connectivity index is 2.95. The highest BCUT2D eigenvalue weighted by Crippen LogP contribution is 2.31. The van der Waals surface area contributed by atoms with Crippen molar-refractivity contribution < 1.29 is 13.9 Å². The molecule has 0 fully saturated rings. The predicted molar refractivity (Wildman–Crippen MR) is 62.1 cm³/mol. The molecule has 0 amide bonds. The number of ether oxygens (including phenoxy) is 2. The minimum absolute atomic E-state index is 0.276. The molecule has 0 aliphatic heterocycles. The van der Waals surface area contributed by atoms with Gasteiger partial charge < -0.3 is 9.47 Å². The minimum Gasteiger partial charge on any atom is -0.349 e. The van der Waals surface area contributed by atoms with Gasteiger partial charge in [-0.2, -0.15) is 0 Å². The van der Waals surface area contributed by atoms with Crippen LogP contribution in [0.1, 0.15) is 18.4 Å². The lowest BCUT2D eigenvalue weighted by molar-refractivity contribution is -0.220. The maximum Gasteiger partial charge on any atom is 0.194 e. The van der Waals surface area contributed by atoms with Gasteiger partial charge in [0.05, 0.1) is 0 Å². The Labute approximate surface area is 100 Å². The van der Waals surface area contributed by atoms with Crippen LogP contribution in [0.5, 0.6) is 0 Å². The van der Waals surface area contributed by atoms with Gasteiger partial charge in [0.15, 0.2) is 5.79 Å². The second-order valence-electron chi connectivity index (χ2n) is 3.46. The number of hydrogen-bond donors (Lipinski definition) is 0. The molecule has 2 nitrogen and oxygen atoms in total. The second kappa shape index (κ2) is 6.18.